The molecule has 2 aromatic rings. The number of rotatable bonds is 6. The second-order valence-corrected chi connectivity index (χ2v) is 9.24. The van der Waals surface area contributed by atoms with E-state index in [1.54, 1.807) is 30.3 Å². The van der Waals surface area contributed by atoms with Crippen LogP contribution in [0, 0.1) is 0 Å². The van der Waals surface area contributed by atoms with Crippen molar-refractivity contribution in [3.63, 3.8) is 0 Å². The molecule has 178 valence electrons. The molecule has 2 saturated heterocycles. The summed E-state index contributed by atoms with van der Waals surface area (Å²) in [7, 11) is 19.1. The highest BCUT2D eigenvalue weighted by atomic mass is 16.5. The smallest absolute Gasteiger partial charge is 0.255 e. The van der Waals surface area contributed by atoms with Crippen LogP contribution in [0.4, 0.5) is 0 Å². The predicted molar refractivity (Wildman–Crippen MR) is 135 cm³/mol. The topological polar surface area (TPSA) is 88.2 Å². The summed E-state index contributed by atoms with van der Waals surface area (Å²) >= 11 is 0. The second-order valence-electron chi connectivity index (χ2n) is 9.24. The summed E-state index contributed by atoms with van der Waals surface area (Å²) in [6.45, 7) is 3.06. The number of carbonyl (C=O) groups is 3. The summed E-state index contributed by atoms with van der Waals surface area (Å²) in [6, 6.07) is 8.11. The van der Waals surface area contributed by atoms with Gasteiger partial charge in [-0.1, -0.05) is 29.1 Å². The van der Waals surface area contributed by atoms with E-state index in [0.29, 0.717) is 53.0 Å². The minimum Gasteiger partial charge on any atom is -0.489 e. The lowest BCUT2D eigenvalue weighted by molar-refractivity contribution is -0.136. The Balaban J connectivity index is 1.31. The average molecular weight is 479 g/mol. The van der Waals surface area contributed by atoms with Crippen molar-refractivity contribution in [1.82, 2.24) is 15.1 Å². The van der Waals surface area contributed by atoms with E-state index in [9.17, 15) is 14.4 Å². The molecule has 0 spiro atoms. The molecule has 2 atom stereocenters. The molecule has 3 heterocycles. The summed E-state index contributed by atoms with van der Waals surface area (Å²) in [5.41, 5.74) is 3.68. The van der Waals surface area contributed by atoms with Crippen molar-refractivity contribution in [2.24, 2.45) is 0 Å². The standard InChI is InChI=1S/C25H24B3N3O5/c26-18-11-16(23(28)30-6-8-35-9-7-30)19(27)10-14(18)13-36-21-3-1-2-15-17(21)12-31(25(15)34)20-4-5-22(32)29-24(20)33/h1-3,10-11,20,23H,4-9,12-13H2,(H,29,32,33). The molecular formula is C25H24B3N3O5. The normalized spacial score (nSPS) is 21.3. The third-order valence-corrected chi connectivity index (χ3v) is 7.02. The quantitative estimate of drug-likeness (QED) is 0.428. The number of imide groups is 1. The molecule has 6 radical (unpaired) electrons. The summed E-state index contributed by atoms with van der Waals surface area (Å²) in [5.74, 6) is -0.877. The first-order chi connectivity index (χ1) is 17.3. The van der Waals surface area contributed by atoms with Gasteiger partial charge in [0.05, 0.1) is 27.6 Å². The van der Waals surface area contributed by atoms with E-state index in [2.05, 4.69) is 10.2 Å². The fourth-order valence-corrected chi connectivity index (χ4v) is 4.98. The van der Waals surface area contributed by atoms with Crippen molar-refractivity contribution >= 4 is 52.2 Å². The molecule has 0 aliphatic carbocycles. The Bertz CT molecular complexity index is 1220. The number of hydrogen-bond donors (Lipinski definition) is 1. The molecule has 2 aromatic carbocycles. The van der Waals surface area contributed by atoms with E-state index in [1.807, 2.05) is 0 Å². The van der Waals surface area contributed by atoms with Crippen molar-refractivity contribution in [2.45, 2.75) is 38.0 Å². The van der Waals surface area contributed by atoms with E-state index in [1.165, 1.54) is 4.90 Å². The van der Waals surface area contributed by atoms with Crippen molar-refractivity contribution in [3.05, 3.63) is 52.6 Å². The van der Waals surface area contributed by atoms with E-state index in [4.69, 9.17) is 33.0 Å². The van der Waals surface area contributed by atoms with Gasteiger partial charge in [0.25, 0.3) is 5.91 Å². The van der Waals surface area contributed by atoms with Crippen LogP contribution in [0.25, 0.3) is 0 Å². The first-order valence-electron chi connectivity index (χ1n) is 12.0. The maximum Gasteiger partial charge on any atom is 0.255 e. The van der Waals surface area contributed by atoms with Crippen LogP contribution in [0.15, 0.2) is 30.3 Å². The van der Waals surface area contributed by atoms with Crippen molar-refractivity contribution in [3.8, 4) is 5.75 Å². The molecule has 5 rings (SSSR count). The van der Waals surface area contributed by atoms with Crippen LogP contribution in [0.1, 0.15) is 45.8 Å². The number of fused-ring (bicyclic) bond motifs is 1. The third kappa shape index (κ3) is 4.69. The van der Waals surface area contributed by atoms with Gasteiger partial charge in [-0.25, -0.2) is 0 Å². The van der Waals surface area contributed by atoms with Gasteiger partial charge in [-0.15, -0.1) is 0 Å². The Kier molecular flexibility index (Phi) is 6.95. The Hall–Kier alpha value is -3.04. The minimum atomic E-state index is -0.686. The molecule has 2 fully saturated rings. The number of nitrogens with zero attached hydrogens (tertiary/aromatic N) is 2. The van der Waals surface area contributed by atoms with Crippen LogP contribution in [0.5, 0.6) is 5.75 Å². The van der Waals surface area contributed by atoms with Crippen LogP contribution >= 0.6 is 0 Å². The molecule has 0 saturated carbocycles. The van der Waals surface area contributed by atoms with Gasteiger partial charge in [-0.3, -0.25) is 19.7 Å². The minimum absolute atomic E-state index is 0.145. The fraction of sp³-hybridized carbons (Fsp3) is 0.400. The summed E-state index contributed by atoms with van der Waals surface area (Å²) in [4.78, 5) is 40.5. The van der Waals surface area contributed by atoms with Gasteiger partial charge in [-0.2, -0.15) is 0 Å². The zero-order valence-corrected chi connectivity index (χ0v) is 19.9. The third-order valence-electron chi connectivity index (χ3n) is 7.02. The SMILES string of the molecule is [B]c1cc(C([B])N2CCOCC2)c([B])cc1COc1cccc2c1CN(C1CCC(=O)NC1=O)C2=O. The fourth-order valence-electron chi connectivity index (χ4n) is 4.98. The van der Waals surface area contributed by atoms with Crippen LogP contribution in [-0.2, 0) is 27.5 Å². The van der Waals surface area contributed by atoms with E-state index in [0.717, 1.165) is 18.7 Å². The zero-order valence-electron chi connectivity index (χ0n) is 19.9. The van der Waals surface area contributed by atoms with Crippen LogP contribution < -0.4 is 21.0 Å². The Morgan fingerprint density at radius 2 is 1.89 bits per heavy atom. The number of carbonyl (C=O) groups excluding carboxylic acids is 3. The second kappa shape index (κ2) is 10.1. The number of piperidine rings is 1. The number of hydrogen-bond acceptors (Lipinski definition) is 6. The molecule has 0 bridgehead atoms. The number of ether oxygens (including phenoxy) is 2. The number of nitrogens with one attached hydrogen (secondary N) is 1. The molecule has 3 aliphatic heterocycles. The van der Waals surface area contributed by atoms with E-state index < -0.39 is 11.9 Å². The zero-order chi connectivity index (χ0) is 25.4. The van der Waals surface area contributed by atoms with Crippen LogP contribution in [0.2, 0.25) is 0 Å². The van der Waals surface area contributed by atoms with E-state index in [-0.39, 0.29) is 37.3 Å². The Morgan fingerprint density at radius 1 is 1.11 bits per heavy atom. The monoisotopic (exact) mass is 479 g/mol. The predicted octanol–water partition coefficient (Wildman–Crippen LogP) is -0.886. The maximum absolute atomic E-state index is 13.0. The highest BCUT2D eigenvalue weighted by Gasteiger charge is 2.40. The molecule has 36 heavy (non-hydrogen) atoms. The number of amides is 3. The molecule has 2 unspecified atom stereocenters. The lowest BCUT2D eigenvalue weighted by Gasteiger charge is -2.34. The van der Waals surface area contributed by atoms with Gasteiger partial charge in [0, 0.05) is 30.6 Å². The first-order valence-corrected chi connectivity index (χ1v) is 12.0. The Morgan fingerprint density at radius 3 is 2.64 bits per heavy atom. The lowest BCUT2D eigenvalue weighted by Crippen LogP contribution is -2.52. The molecule has 8 nitrogen and oxygen atoms in total. The van der Waals surface area contributed by atoms with Crippen LogP contribution in [0.3, 0.4) is 0 Å². The summed E-state index contributed by atoms with van der Waals surface area (Å²) in [5, 5.41) is 2.31. The van der Waals surface area contributed by atoms with Crippen molar-refractivity contribution in [1.29, 1.82) is 0 Å². The number of benzene rings is 2. The van der Waals surface area contributed by atoms with Gasteiger partial charge in [0.15, 0.2) is 0 Å². The largest absolute Gasteiger partial charge is 0.489 e. The molecule has 11 heteroatoms. The van der Waals surface area contributed by atoms with Crippen LogP contribution in [-0.4, -0.2) is 83.4 Å². The van der Waals surface area contributed by atoms with Crippen molar-refractivity contribution in [2.75, 3.05) is 26.3 Å². The Labute approximate surface area is 213 Å². The van der Waals surface area contributed by atoms with Gasteiger partial charge in [0.1, 0.15) is 34.1 Å². The molecule has 1 N–H and O–H groups in total. The number of morpholine rings is 1. The highest BCUT2D eigenvalue weighted by molar-refractivity contribution is 6.37. The van der Waals surface area contributed by atoms with E-state index >= 15 is 0 Å². The molecular weight excluding hydrogens is 455 g/mol. The first kappa shape index (κ1) is 24.7. The van der Waals surface area contributed by atoms with Gasteiger partial charge in [0.2, 0.25) is 11.8 Å². The average Bonchev–Trinajstić information content (AvgIpc) is 3.21. The van der Waals surface area contributed by atoms with Gasteiger partial charge in [-0.05, 0) is 35.6 Å². The maximum atomic E-state index is 13.0. The van der Waals surface area contributed by atoms with Gasteiger partial charge < -0.3 is 19.3 Å². The highest BCUT2D eigenvalue weighted by Crippen LogP contribution is 2.34. The lowest BCUT2D eigenvalue weighted by atomic mass is 9.74. The molecule has 3 amide bonds. The summed E-state index contributed by atoms with van der Waals surface area (Å²) in [6.07, 6.45) is 0.501. The molecule has 0 aromatic heterocycles. The summed E-state index contributed by atoms with van der Waals surface area (Å²) < 4.78 is 11.5. The van der Waals surface area contributed by atoms with Gasteiger partial charge >= 0.3 is 0 Å². The molecule has 3 aliphatic rings. The van der Waals surface area contributed by atoms with Crippen molar-refractivity contribution < 1.29 is 23.9 Å².